The van der Waals surface area contributed by atoms with E-state index in [4.69, 9.17) is 15.4 Å². The second kappa shape index (κ2) is 4.47. The number of ether oxygens (including phenoxy) is 1. The van der Waals surface area contributed by atoms with Crippen LogP contribution in [0.2, 0.25) is 0 Å². The van der Waals surface area contributed by atoms with Crippen LogP contribution in [0.25, 0.3) is 0 Å². The molecule has 0 fully saturated rings. The average Bonchev–Trinajstić information content (AvgIpc) is 2.40. The van der Waals surface area contributed by atoms with Crippen molar-refractivity contribution in [1.82, 2.24) is 4.98 Å². The van der Waals surface area contributed by atoms with Crippen LogP contribution in [0.1, 0.15) is 28.7 Å². The number of nitrogens with one attached hydrogen (secondary N) is 1. The van der Waals surface area contributed by atoms with Crippen LogP contribution < -0.4 is 0 Å². The van der Waals surface area contributed by atoms with Crippen molar-refractivity contribution in [2.45, 2.75) is 25.7 Å². The van der Waals surface area contributed by atoms with Gasteiger partial charge in [-0.3, -0.25) is 0 Å². The number of carbonyl (C=O) groups excluding carboxylic acids is 1. The lowest BCUT2D eigenvalue weighted by molar-refractivity contribution is 0.0521. The van der Waals surface area contributed by atoms with Gasteiger partial charge in [-0.2, -0.15) is 0 Å². The number of aromatic amines is 1. The van der Waals surface area contributed by atoms with E-state index in [0.717, 1.165) is 0 Å². The Bertz CT molecular complexity index is 518. The van der Waals surface area contributed by atoms with Gasteiger partial charge in [-0.15, -0.1) is 0 Å². The predicted molar refractivity (Wildman–Crippen MR) is 59.3 cm³/mol. The van der Waals surface area contributed by atoms with Crippen LogP contribution in [0, 0.1) is 13.8 Å². The minimum absolute atomic E-state index is 0.0191. The predicted octanol–water partition coefficient (Wildman–Crippen LogP) is 1.74. The normalized spacial score (nSPS) is 11.5. The quantitative estimate of drug-likeness (QED) is 0.667. The van der Waals surface area contributed by atoms with Crippen molar-refractivity contribution in [2.75, 3.05) is 6.61 Å². The highest BCUT2D eigenvalue weighted by molar-refractivity contribution is 8.13. The summed E-state index contributed by atoms with van der Waals surface area (Å²) in [6.07, 6.45) is 0. The molecule has 7 heteroatoms. The highest BCUT2D eigenvalue weighted by Gasteiger charge is 2.28. The molecule has 0 unspecified atom stereocenters. The molecule has 0 atom stereocenters. The molecule has 1 rings (SSSR count). The lowest BCUT2D eigenvalue weighted by Gasteiger charge is -2.03. The smallest absolute Gasteiger partial charge is 0.341 e. The Balaban J connectivity index is 3.44. The van der Waals surface area contributed by atoms with Crippen LogP contribution in [-0.2, 0) is 13.8 Å². The number of aromatic nitrogens is 1. The summed E-state index contributed by atoms with van der Waals surface area (Å²) in [6, 6.07) is 0. The van der Waals surface area contributed by atoms with Gasteiger partial charge in [0.25, 0.3) is 9.05 Å². The van der Waals surface area contributed by atoms with E-state index in [0.29, 0.717) is 11.4 Å². The fourth-order valence-corrected chi connectivity index (χ4v) is 2.99. The molecule has 0 saturated heterocycles. The van der Waals surface area contributed by atoms with Gasteiger partial charge in [0.15, 0.2) is 0 Å². The zero-order valence-corrected chi connectivity index (χ0v) is 10.7. The lowest BCUT2D eigenvalue weighted by Crippen LogP contribution is -2.09. The Hall–Kier alpha value is -1.01. The SMILES string of the molecule is CCOC(=O)c1c(C)[nH]c(C)c1S(=O)(=O)Cl. The summed E-state index contributed by atoms with van der Waals surface area (Å²) in [7, 11) is 1.30. The number of H-pyrrole nitrogens is 1. The van der Waals surface area contributed by atoms with Crippen molar-refractivity contribution in [2.24, 2.45) is 0 Å². The molecule has 16 heavy (non-hydrogen) atoms. The number of rotatable bonds is 3. The summed E-state index contributed by atoms with van der Waals surface area (Å²) in [4.78, 5) is 14.1. The minimum Gasteiger partial charge on any atom is -0.462 e. The van der Waals surface area contributed by atoms with Crippen LogP contribution in [0.4, 0.5) is 0 Å². The highest BCUT2D eigenvalue weighted by atomic mass is 35.7. The topological polar surface area (TPSA) is 76.2 Å². The van der Waals surface area contributed by atoms with E-state index in [9.17, 15) is 13.2 Å². The van der Waals surface area contributed by atoms with Gasteiger partial charge in [0.1, 0.15) is 10.5 Å². The van der Waals surface area contributed by atoms with Gasteiger partial charge < -0.3 is 9.72 Å². The standard InChI is InChI=1S/C9H12ClNO4S/c1-4-15-9(12)7-5(2)11-6(3)8(7)16(10,13)14/h11H,4H2,1-3H3. The Morgan fingerprint density at radius 1 is 1.38 bits per heavy atom. The van der Waals surface area contributed by atoms with E-state index in [1.54, 1.807) is 13.8 Å². The van der Waals surface area contributed by atoms with Crippen LogP contribution in [-0.4, -0.2) is 26.0 Å². The maximum absolute atomic E-state index is 11.6. The van der Waals surface area contributed by atoms with Crippen molar-refractivity contribution in [1.29, 1.82) is 0 Å². The molecule has 0 saturated carbocycles. The van der Waals surface area contributed by atoms with Gasteiger partial charge in [0.05, 0.1) is 6.61 Å². The molecular weight excluding hydrogens is 254 g/mol. The molecule has 0 aliphatic rings. The van der Waals surface area contributed by atoms with Crippen molar-refractivity contribution < 1.29 is 17.9 Å². The molecule has 0 amide bonds. The largest absolute Gasteiger partial charge is 0.462 e. The highest BCUT2D eigenvalue weighted by Crippen LogP contribution is 2.27. The zero-order valence-electron chi connectivity index (χ0n) is 9.13. The summed E-state index contributed by atoms with van der Waals surface area (Å²) in [5.74, 6) is -0.691. The molecule has 90 valence electrons. The Morgan fingerprint density at radius 2 is 1.94 bits per heavy atom. The van der Waals surface area contributed by atoms with Gasteiger partial charge in [-0.25, -0.2) is 13.2 Å². The first kappa shape index (κ1) is 13.1. The average molecular weight is 266 g/mol. The van der Waals surface area contributed by atoms with Gasteiger partial charge in [0, 0.05) is 22.1 Å². The van der Waals surface area contributed by atoms with Crippen LogP contribution >= 0.6 is 10.7 Å². The van der Waals surface area contributed by atoms with Crippen LogP contribution in [0.15, 0.2) is 4.90 Å². The summed E-state index contributed by atoms with van der Waals surface area (Å²) in [6.45, 7) is 4.93. The van der Waals surface area contributed by atoms with E-state index in [2.05, 4.69) is 4.98 Å². The molecule has 0 aliphatic carbocycles. The molecule has 0 radical (unpaired) electrons. The van der Waals surface area contributed by atoms with Crippen molar-refractivity contribution >= 4 is 25.7 Å². The fourth-order valence-electron chi connectivity index (χ4n) is 1.51. The van der Waals surface area contributed by atoms with Crippen molar-refractivity contribution in [3.8, 4) is 0 Å². The number of hydrogen-bond acceptors (Lipinski definition) is 4. The molecular formula is C9H12ClNO4S. The molecule has 0 spiro atoms. The molecule has 1 heterocycles. The van der Waals surface area contributed by atoms with Gasteiger partial charge in [0.2, 0.25) is 0 Å². The maximum Gasteiger partial charge on any atom is 0.341 e. The minimum atomic E-state index is -3.97. The molecule has 1 aromatic heterocycles. The van der Waals surface area contributed by atoms with Crippen LogP contribution in [0.3, 0.4) is 0 Å². The van der Waals surface area contributed by atoms with Crippen molar-refractivity contribution in [3.63, 3.8) is 0 Å². The Kier molecular flexibility index (Phi) is 3.64. The van der Waals surface area contributed by atoms with Crippen molar-refractivity contribution in [3.05, 3.63) is 17.0 Å². The van der Waals surface area contributed by atoms with Gasteiger partial charge in [-0.1, -0.05) is 0 Å². The van der Waals surface area contributed by atoms with Gasteiger partial charge >= 0.3 is 5.97 Å². The first-order valence-electron chi connectivity index (χ1n) is 4.60. The Labute approximate surface area is 98.2 Å². The fraction of sp³-hybridized carbons (Fsp3) is 0.444. The number of carbonyl (C=O) groups is 1. The third-order valence-corrected chi connectivity index (χ3v) is 3.50. The molecule has 0 aliphatic heterocycles. The number of hydrogen-bond donors (Lipinski definition) is 1. The second-order valence-corrected chi connectivity index (χ2v) is 5.74. The monoisotopic (exact) mass is 265 g/mol. The zero-order chi connectivity index (χ0) is 12.5. The lowest BCUT2D eigenvalue weighted by atomic mass is 10.2. The summed E-state index contributed by atoms with van der Waals surface area (Å²) in [5, 5.41) is 0. The maximum atomic E-state index is 11.6. The molecule has 1 N–H and O–H groups in total. The molecule has 0 bridgehead atoms. The third-order valence-electron chi connectivity index (χ3n) is 2.04. The second-order valence-electron chi connectivity index (χ2n) is 3.24. The molecule has 5 nitrogen and oxygen atoms in total. The molecule has 0 aromatic carbocycles. The van der Waals surface area contributed by atoms with E-state index in [-0.39, 0.29) is 17.1 Å². The van der Waals surface area contributed by atoms with E-state index in [1.807, 2.05) is 0 Å². The van der Waals surface area contributed by atoms with E-state index >= 15 is 0 Å². The third kappa shape index (κ3) is 2.38. The summed E-state index contributed by atoms with van der Waals surface area (Å²) < 4.78 is 27.4. The number of halogens is 1. The van der Waals surface area contributed by atoms with Crippen LogP contribution in [0.5, 0.6) is 0 Å². The summed E-state index contributed by atoms with van der Waals surface area (Å²) >= 11 is 0. The Morgan fingerprint density at radius 3 is 2.38 bits per heavy atom. The van der Waals surface area contributed by atoms with E-state index < -0.39 is 15.0 Å². The first-order valence-corrected chi connectivity index (χ1v) is 6.91. The molecule has 1 aromatic rings. The number of aryl methyl sites for hydroxylation is 2. The first-order chi connectivity index (χ1) is 7.29. The number of esters is 1. The van der Waals surface area contributed by atoms with Gasteiger partial charge in [-0.05, 0) is 20.8 Å². The summed E-state index contributed by atoms with van der Waals surface area (Å²) in [5.41, 5.74) is 0.736. The van der Waals surface area contributed by atoms with E-state index in [1.165, 1.54) is 6.92 Å².